The summed E-state index contributed by atoms with van der Waals surface area (Å²) in [7, 11) is 1.98. The zero-order valence-corrected chi connectivity index (χ0v) is 11.4. The fourth-order valence-corrected chi connectivity index (χ4v) is 2.82. The van der Waals surface area contributed by atoms with Crippen molar-refractivity contribution in [3.63, 3.8) is 0 Å². The van der Waals surface area contributed by atoms with Crippen LogP contribution in [0.4, 0.5) is 4.39 Å². The van der Waals surface area contributed by atoms with Crippen molar-refractivity contribution in [1.29, 1.82) is 0 Å². The van der Waals surface area contributed by atoms with Gasteiger partial charge in [0.25, 0.3) is 0 Å². The lowest BCUT2D eigenvalue weighted by atomic mass is 10.0. The first-order chi connectivity index (χ1) is 10.3. The summed E-state index contributed by atoms with van der Waals surface area (Å²) in [5.41, 5.74) is 3.37. The molecule has 0 aliphatic heterocycles. The highest BCUT2D eigenvalue weighted by Crippen LogP contribution is 2.32. The van der Waals surface area contributed by atoms with Gasteiger partial charge in [-0.3, -0.25) is 9.97 Å². The van der Waals surface area contributed by atoms with Crippen molar-refractivity contribution < 1.29 is 4.39 Å². The number of pyridine rings is 2. The first kappa shape index (κ1) is 12.0. The summed E-state index contributed by atoms with van der Waals surface area (Å²) in [4.78, 5) is 8.20. The summed E-state index contributed by atoms with van der Waals surface area (Å²) in [6.45, 7) is 0. The van der Waals surface area contributed by atoms with Gasteiger partial charge < -0.3 is 4.57 Å². The molecule has 3 nitrogen and oxygen atoms in total. The molecule has 0 bridgehead atoms. The first-order valence-electron chi connectivity index (χ1n) is 6.68. The van der Waals surface area contributed by atoms with Crippen LogP contribution in [0, 0.1) is 5.82 Å². The van der Waals surface area contributed by atoms with Crippen LogP contribution in [0.25, 0.3) is 32.9 Å². The van der Waals surface area contributed by atoms with Crippen LogP contribution in [0.2, 0.25) is 0 Å². The predicted molar refractivity (Wildman–Crippen MR) is 81.4 cm³/mol. The molecule has 0 aliphatic rings. The van der Waals surface area contributed by atoms with E-state index >= 15 is 0 Å². The van der Waals surface area contributed by atoms with Crippen molar-refractivity contribution in [3.8, 4) is 11.1 Å². The van der Waals surface area contributed by atoms with Crippen LogP contribution in [0.3, 0.4) is 0 Å². The predicted octanol–water partition coefficient (Wildman–Crippen LogP) is 3.93. The molecule has 0 fully saturated rings. The average molecular weight is 277 g/mol. The van der Waals surface area contributed by atoms with Gasteiger partial charge in [0.05, 0.1) is 5.52 Å². The number of fused-ring (bicyclic) bond motifs is 3. The Labute approximate surface area is 120 Å². The molecule has 3 heterocycles. The molecule has 0 spiro atoms. The van der Waals surface area contributed by atoms with Gasteiger partial charge in [-0.1, -0.05) is 6.07 Å². The summed E-state index contributed by atoms with van der Waals surface area (Å²) >= 11 is 0. The third kappa shape index (κ3) is 1.72. The summed E-state index contributed by atoms with van der Waals surface area (Å²) in [6, 6.07) is 9.08. The van der Waals surface area contributed by atoms with Crippen LogP contribution in [-0.4, -0.2) is 14.5 Å². The standard InChI is InChI=1S/C17H12FN3/c1-21-16-4-6-20-10-14(16)13-7-15(18)12(8-17(13)21)11-3-2-5-19-9-11/h2-10H,1H3. The molecule has 0 aliphatic carbocycles. The molecule has 1 aromatic carbocycles. The third-order valence-corrected chi connectivity index (χ3v) is 3.87. The summed E-state index contributed by atoms with van der Waals surface area (Å²) < 4.78 is 16.5. The number of halogens is 1. The lowest BCUT2D eigenvalue weighted by molar-refractivity contribution is 0.633. The Bertz CT molecular complexity index is 958. The zero-order chi connectivity index (χ0) is 14.4. The van der Waals surface area contributed by atoms with E-state index in [1.54, 1.807) is 30.9 Å². The van der Waals surface area contributed by atoms with Gasteiger partial charge in [0.15, 0.2) is 0 Å². The molecule has 21 heavy (non-hydrogen) atoms. The van der Waals surface area contributed by atoms with Crippen LogP contribution < -0.4 is 0 Å². The van der Waals surface area contributed by atoms with Crippen molar-refractivity contribution in [2.75, 3.05) is 0 Å². The number of hydrogen-bond acceptors (Lipinski definition) is 2. The zero-order valence-electron chi connectivity index (χ0n) is 11.4. The SMILES string of the molecule is Cn1c2ccncc2c2cc(F)c(-c3cccnc3)cc21. The Morgan fingerprint density at radius 1 is 0.952 bits per heavy atom. The van der Waals surface area contributed by atoms with Crippen LogP contribution in [0.15, 0.2) is 55.1 Å². The van der Waals surface area contributed by atoms with Gasteiger partial charge in [-0.15, -0.1) is 0 Å². The van der Waals surface area contributed by atoms with Crippen LogP contribution >= 0.6 is 0 Å². The monoisotopic (exact) mass is 277 g/mol. The molecule has 4 rings (SSSR count). The highest BCUT2D eigenvalue weighted by Gasteiger charge is 2.13. The summed E-state index contributed by atoms with van der Waals surface area (Å²) in [5, 5.41) is 1.84. The minimum Gasteiger partial charge on any atom is -0.343 e. The molecular formula is C17H12FN3. The number of hydrogen-bond donors (Lipinski definition) is 0. The average Bonchev–Trinajstić information content (AvgIpc) is 2.80. The highest BCUT2D eigenvalue weighted by atomic mass is 19.1. The quantitative estimate of drug-likeness (QED) is 0.528. The van der Waals surface area contributed by atoms with Gasteiger partial charge >= 0.3 is 0 Å². The second-order valence-electron chi connectivity index (χ2n) is 5.04. The summed E-state index contributed by atoms with van der Waals surface area (Å²) in [6.07, 6.45) is 6.89. The largest absolute Gasteiger partial charge is 0.343 e. The first-order valence-corrected chi connectivity index (χ1v) is 6.68. The van der Waals surface area contributed by atoms with E-state index in [9.17, 15) is 4.39 Å². The Hall–Kier alpha value is -2.75. The number of aromatic nitrogens is 3. The van der Waals surface area contributed by atoms with Crippen molar-refractivity contribution in [3.05, 3.63) is 60.9 Å². The lowest BCUT2D eigenvalue weighted by Crippen LogP contribution is -1.90. The van der Waals surface area contributed by atoms with E-state index in [0.29, 0.717) is 5.56 Å². The lowest BCUT2D eigenvalue weighted by Gasteiger charge is -2.05. The van der Waals surface area contributed by atoms with E-state index in [2.05, 4.69) is 14.5 Å². The van der Waals surface area contributed by atoms with Crippen molar-refractivity contribution in [1.82, 2.24) is 14.5 Å². The molecule has 0 radical (unpaired) electrons. The minimum absolute atomic E-state index is 0.244. The Kier molecular flexibility index (Phi) is 2.51. The van der Waals surface area contributed by atoms with Gasteiger partial charge in [0.1, 0.15) is 5.82 Å². The molecule has 0 saturated heterocycles. The van der Waals surface area contributed by atoms with Gasteiger partial charge in [0.2, 0.25) is 0 Å². The molecular weight excluding hydrogens is 265 g/mol. The molecule has 102 valence electrons. The van der Waals surface area contributed by atoms with E-state index in [1.165, 1.54) is 0 Å². The molecule has 0 N–H and O–H groups in total. The number of aryl methyl sites for hydroxylation is 1. The smallest absolute Gasteiger partial charge is 0.131 e. The normalized spacial score (nSPS) is 11.3. The van der Waals surface area contributed by atoms with Crippen molar-refractivity contribution >= 4 is 21.8 Å². The van der Waals surface area contributed by atoms with Crippen molar-refractivity contribution in [2.45, 2.75) is 0 Å². The van der Waals surface area contributed by atoms with Crippen LogP contribution in [0.1, 0.15) is 0 Å². The maximum Gasteiger partial charge on any atom is 0.131 e. The molecule has 4 aromatic rings. The fourth-order valence-electron chi connectivity index (χ4n) is 2.82. The molecule has 4 heteroatoms. The van der Waals surface area contributed by atoms with E-state index in [4.69, 9.17) is 0 Å². The van der Waals surface area contributed by atoms with Gasteiger partial charge in [-0.2, -0.15) is 0 Å². The van der Waals surface area contributed by atoms with Gasteiger partial charge in [0, 0.05) is 59.3 Å². The second-order valence-corrected chi connectivity index (χ2v) is 5.04. The molecule has 0 saturated carbocycles. The Morgan fingerprint density at radius 3 is 2.62 bits per heavy atom. The molecule has 0 unspecified atom stereocenters. The highest BCUT2D eigenvalue weighted by molar-refractivity contribution is 6.08. The van der Waals surface area contributed by atoms with Gasteiger partial charge in [-0.05, 0) is 24.3 Å². The van der Waals surface area contributed by atoms with E-state index in [0.717, 1.165) is 27.4 Å². The molecule has 3 aromatic heterocycles. The van der Waals surface area contributed by atoms with Gasteiger partial charge in [-0.25, -0.2) is 4.39 Å². The third-order valence-electron chi connectivity index (χ3n) is 3.87. The fraction of sp³-hybridized carbons (Fsp3) is 0.0588. The molecule has 0 atom stereocenters. The topological polar surface area (TPSA) is 30.7 Å². The van der Waals surface area contributed by atoms with Crippen LogP contribution in [-0.2, 0) is 7.05 Å². The number of nitrogens with zero attached hydrogens (tertiary/aromatic N) is 3. The second kappa shape index (κ2) is 4.38. The maximum absolute atomic E-state index is 14.5. The minimum atomic E-state index is -0.244. The number of benzene rings is 1. The van der Waals surface area contributed by atoms with E-state index in [1.807, 2.05) is 31.3 Å². The van der Waals surface area contributed by atoms with E-state index in [-0.39, 0.29) is 5.82 Å². The maximum atomic E-state index is 14.5. The number of rotatable bonds is 1. The Morgan fingerprint density at radius 2 is 1.81 bits per heavy atom. The van der Waals surface area contributed by atoms with Crippen LogP contribution in [0.5, 0.6) is 0 Å². The molecule has 0 amide bonds. The Balaban J connectivity index is 2.11. The van der Waals surface area contributed by atoms with E-state index < -0.39 is 0 Å². The summed E-state index contributed by atoms with van der Waals surface area (Å²) in [5.74, 6) is -0.244. The van der Waals surface area contributed by atoms with Crippen molar-refractivity contribution in [2.24, 2.45) is 7.05 Å².